The Morgan fingerprint density at radius 2 is 2.15 bits per heavy atom. The molecule has 0 unspecified atom stereocenters. The van der Waals surface area contributed by atoms with Crippen LogP contribution in [0.5, 0.6) is 0 Å². The highest BCUT2D eigenvalue weighted by Crippen LogP contribution is 2.37. The van der Waals surface area contributed by atoms with E-state index in [1.54, 1.807) is 0 Å². The molecule has 0 nitrogen and oxygen atoms in total. The van der Waals surface area contributed by atoms with Crippen molar-refractivity contribution in [1.82, 2.24) is 0 Å². The van der Waals surface area contributed by atoms with E-state index in [1.165, 1.54) is 30.4 Å². The summed E-state index contributed by atoms with van der Waals surface area (Å²) in [5.74, 6) is 0. The first kappa shape index (κ1) is 8.55. The molecule has 0 spiro atoms. The lowest BCUT2D eigenvalue weighted by molar-refractivity contribution is 0.482. The Morgan fingerprint density at radius 1 is 1.38 bits per heavy atom. The Bertz CT molecular complexity index is 325. The maximum atomic E-state index is 3.95. The van der Waals surface area contributed by atoms with Gasteiger partial charge < -0.3 is 0 Å². The third-order valence-corrected chi connectivity index (χ3v) is 3.23. The van der Waals surface area contributed by atoms with Crippen molar-refractivity contribution >= 4 is 0 Å². The lowest BCUT2D eigenvalue weighted by atomic mass is 9.71. The molecule has 0 amide bonds. The maximum absolute atomic E-state index is 3.95. The summed E-state index contributed by atoms with van der Waals surface area (Å²) in [4.78, 5) is 0. The number of benzene rings is 1. The van der Waals surface area contributed by atoms with Crippen molar-refractivity contribution in [2.24, 2.45) is 0 Å². The number of aryl methyl sites for hydroxylation is 1. The van der Waals surface area contributed by atoms with Gasteiger partial charge in [-0.2, -0.15) is 0 Å². The predicted molar refractivity (Wildman–Crippen MR) is 56.9 cm³/mol. The highest BCUT2D eigenvalue weighted by molar-refractivity contribution is 5.39. The lowest BCUT2D eigenvalue weighted by Crippen LogP contribution is -2.24. The highest BCUT2D eigenvalue weighted by Gasteiger charge is 2.28. The molecular weight excluding hydrogens is 156 g/mol. The Morgan fingerprint density at radius 3 is 2.92 bits per heavy atom. The Labute approximate surface area is 80.3 Å². The quantitative estimate of drug-likeness (QED) is 0.569. The van der Waals surface area contributed by atoms with Gasteiger partial charge in [0.05, 0.1) is 0 Å². The van der Waals surface area contributed by atoms with E-state index < -0.39 is 0 Å². The summed E-state index contributed by atoms with van der Waals surface area (Å²) in [6, 6.07) is 8.76. The third-order valence-electron chi connectivity index (χ3n) is 3.23. The zero-order valence-corrected chi connectivity index (χ0v) is 8.22. The molecule has 0 bridgehead atoms. The van der Waals surface area contributed by atoms with Crippen molar-refractivity contribution in [1.29, 1.82) is 0 Å². The molecule has 0 radical (unpaired) electrons. The zero-order chi connectivity index (χ0) is 9.31. The summed E-state index contributed by atoms with van der Waals surface area (Å²) < 4.78 is 0. The summed E-state index contributed by atoms with van der Waals surface area (Å²) in [5.41, 5.74) is 3.21. The second-order valence-electron chi connectivity index (χ2n) is 4.13. The van der Waals surface area contributed by atoms with E-state index in [0.717, 1.165) is 0 Å². The van der Waals surface area contributed by atoms with E-state index in [0.29, 0.717) is 0 Å². The highest BCUT2D eigenvalue weighted by atomic mass is 14.3. The van der Waals surface area contributed by atoms with Crippen LogP contribution in [0, 0.1) is 0 Å². The van der Waals surface area contributed by atoms with Crippen LogP contribution in [-0.4, -0.2) is 0 Å². The van der Waals surface area contributed by atoms with Gasteiger partial charge in [0.1, 0.15) is 0 Å². The molecule has 13 heavy (non-hydrogen) atoms. The minimum absolute atomic E-state index is 0.217. The van der Waals surface area contributed by atoms with Gasteiger partial charge in [-0.05, 0) is 30.4 Å². The Balaban J connectivity index is 2.54. The van der Waals surface area contributed by atoms with E-state index in [9.17, 15) is 0 Å². The molecule has 1 atom stereocenters. The summed E-state index contributed by atoms with van der Waals surface area (Å²) in [7, 11) is 0. The molecule has 2 rings (SSSR count). The number of fused-ring (bicyclic) bond motifs is 1. The predicted octanol–water partition coefficient (Wildman–Crippen LogP) is 3.47. The van der Waals surface area contributed by atoms with Crippen LogP contribution in [0.1, 0.15) is 30.9 Å². The molecular formula is C13H16. The number of allylic oxidation sites excluding steroid dienone is 1. The Hall–Kier alpha value is -1.04. The molecule has 1 aromatic rings. The average Bonchev–Trinajstić information content (AvgIpc) is 2.19. The van der Waals surface area contributed by atoms with Crippen molar-refractivity contribution in [3.63, 3.8) is 0 Å². The van der Waals surface area contributed by atoms with Crippen molar-refractivity contribution in [3.8, 4) is 0 Å². The lowest BCUT2D eigenvalue weighted by Gasteiger charge is -2.33. The molecule has 0 heteroatoms. The topological polar surface area (TPSA) is 0 Å². The second kappa shape index (κ2) is 3.02. The third kappa shape index (κ3) is 1.31. The van der Waals surface area contributed by atoms with Gasteiger partial charge in [-0.15, -0.1) is 6.58 Å². The maximum Gasteiger partial charge on any atom is 0.0104 e. The fourth-order valence-electron chi connectivity index (χ4n) is 2.29. The molecule has 0 aliphatic heterocycles. The molecule has 0 heterocycles. The summed E-state index contributed by atoms with van der Waals surface area (Å²) in [6.07, 6.45) is 5.87. The van der Waals surface area contributed by atoms with E-state index in [-0.39, 0.29) is 5.41 Å². The molecule has 1 aliphatic rings. The van der Waals surface area contributed by atoms with Crippen LogP contribution in [0.2, 0.25) is 0 Å². The minimum Gasteiger partial charge on any atom is -0.102 e. The monoisotopic (exact) mass is 172 g/mol. The van der Waals surface area contributed by atoms with E-state index in [2.05, 4.69) is 43.8 Å². The minimum atomic E-state index is 0.217. The van der Waals surface area contributed by atoms with E-state index in [1.807, 2.05) is 0 Å². The molecule has 1 aromatic carbocycles. The molecule has 0 saturated heterocycles. The van der Waals surface area contributed by atoms with Crippen LogP contribution in [0.3, 0.4) is 0 Å². The molecule has 68 valence electrons. The zero-order valence-electron chi connectivity index (χ0n) is 8.22. The number of rotatable bonds is 1. The fourth-order valence-corrected chi connectivity index (χ4v) is 2.29. The first-order chi connectivity index (χ1) is 6.26. The summed E-state index contributed by atoms with van der Waals surface area (Å²) in [5, 5.41) is 0. The van der Waals surface area contributed by atoms with E-state index >= 15 is 0 Å². The average molecular weight is 172 g/mol. The van der Waals surface area contributed by atoms with Gasteiger partial charge in [-0.3, -0.25) is 0 Å². The smallest absolute Gasteiger partial charge is 0.0104 e. The molecule has 0 fully saturated rings. The van der Waals surface area contributed by atoms with Gasteiger partial charge in [0.2, 0.25) is 0 Å². The normalized spacial score (nSPS) is 26.5. The van der Waals surface area contributed by atoms with Crippen LogP contribution in [-0.2, 0) is 11.8 Å². The summed E-state index contributed by atoms with van der Waals surface area (Å²) >= 11 is 0. The fraction of sp³-hybridized carbons (Fsp3) is 0.385. The SMILES string of the molecule is C=C[C@]1(C)CCCc2ccccc21. The first-order valence-electron chi connectivity index (χ1n) is 4.98. The molecule has 1 aliphatic carbocycles. The second-order valence-corrected chi connectivity index (χ2v) is 4.13. The van der Waals surface area contributed by atoms with Gasteiger partial charge >= 0.3 is 0 Å². The standard InChI is InChI=1S/C13H16/c1-3-13(2)10-6-8-11-7-4-5-9-12(11)13/h3-5,7,9H,1,6,8,10H2,2H3/t13-/m1/s1. The Kier molecular flexibility index (Phi) is 1.99. The van der Waals surface area contributed by atoms with Crippen LogP contribution in [0.25, 0.3) is 0 Å². The van der Waals surface area contributed by atoms with Gasteiger partial charge in [0, 0.05) is 5.41 Å². The van der Waals surface area contributed by atoms with Crippen LogP contribution >= 0.6 is 0 Å². The molecule has 0 saturated carbocycles. The molecule has 0 N–H and O–H groups in total. The van der Waals surface area contributed by atoms with Crippen molar-refractivity contribution < 1.29 is 0 Å². The van der Waals surface area contributed by atoms with Crippen molar-refractivity contribution in [2.75, 3.05) is 0 Å². The van der Waals surface area contributed by atoms with E-state index in [4.69, 9.17) is 0 Å². The first-order valence-corrected chi connectivity index (χ1v) is 4.98. The van der Waals surface area contributed by atoms with Crippen molar-refractivity contribution in [3.05, 3.63) is 48.0 Å². The van der Waals surface area contributed by atoms with Gasteiger partial charge in [0.25, 0.3) is 0 Å². The summed E-state index contributed by atoms with van der Waals surface area (Å²) in [6.45, 7) is 6.24. The van der Waals surface area contributed by atoms with Gasteiger partial charge in [0.15, 0.2) is 0 Å². The molecule has 0 aromatic heterocycles. The van der Waals surface area contributed by atoms with Crippen LogP contribution < -0.4 is 0 Å². The van der Waals surface area contributed by atoms with Gasteiger partial charge in [-0.25, -0.2) is 0 Å². The van der Waals surface area contributed by atoms with Crippen LogP contribution in [0.15, 0.2) is 36.9 Å². The largest absolute Gasteiger partial charge is 0.102 e. The van der Waals surface area contributed by atoms with Gasteiger partial charge in [-0.1, -0.05) is 37.3 Å². The van der Waals surface area contributed by atoms with Crippen molar-refractivity contribution in [2.45, 2.75) is 31.6 Å². The number of hydrogen-bond donors (Lipinski definition) is 0. The number of hydrogen-bond acceptors (Lipinski definition) is 0. The van der Waals surface area contributed by atoms with Crippen LogP contribution in [0.4, 0.5) is 0 Å².